The Morgan fingerprint density at radius 2 is 1.74 bits per heavy atom. The standard InChI is InChI=1S/C21H20F6N6O/c22-20(23,24)15-9-17(33-18(30-15)10-16(31-33)21(25,26)27)29-11-14-8-13(6-7-32(14)19(28)34)12-4-2-1-3-5-12/h1-5,9-10,13-14,29H,6-8,11H2,(H2,28,34). The van der Waals surface area contributed by atoms with Crippen molar-refractivity contribution in [2.75, 3.05) is 18.4 Å². The van der Waals surface area contributed by atoms with Crippen molar-refractivity contribution in [3.63, 3.8) is 0 Å². The average Bonchev–Trinajstić information content (AvgIpc) is 3.22. The van der Waals surface area contributed by atoms with Gasteiger partial charge in [-0.1, -0.05) is 30.3 Å². The van der Waals surface area contributed by atoms with Crippen LogP contribution in [-0.2, 0) is 12.4 Å². The monoisotopic (exact) mass is 486 g/mol. The van der Waals surface area contributed by atoms with Gasteiger partial charge in [0.25, 0.3) is 0 Å². The summed E-state index contributed by atoms with van der Waals surface area (Å²) in [7, 11) is 0. The van der Waals surface area contributed by atoms with Gasteiger partial charge in [-0.05, 0) is 24.3 Å². The molecule has 1 aliphatic rings. The SMILES string of the molecule is NC(=O)N1CCC(c2ccccc2)CC1CNc1cc(C(F)(F)F)nc2cc(C(F)(F)F)nn12. The molecule has 3 aromatic rings. The highest BCUT2D eigenvalue weighted by Gasteiger charge is 2.38. The van der Waals surface area contributed by atoms with Crippen molar-refractivity contribution < 1.29 is 31.1 Å². The summed E-state index contributed by atoms with van der Waals surface area (Å²) in [6.07, 6.45) is -8.63. The molecule has 0 aliphatic carbocycles. The number of nitrogens with one attached hydrogen (secondary N) is 1. The molecule has 1 aromatic carbocycles. The maximum atomic E-state index is 13.3. The predicted octanol–water partition coefficient (Wildman–Crippen LogP) is 4.51. The van der Waals surface area contributed by atoms with Crippen molar-refractivity contribution in [2.45, 2.75) is 37.2 Å². The number of alkyl halides is 6. The molecule has 0 bridgehead atoms. The number of piperidine rings is 1. The first kappa shape index (κ1) is 23.6. The van der Waals surface area contributed by atoms with E-state index in [0.29, 0.717) is 36.0 Å². The Morgan fingerprint density at radius 1 is 1.06 bits per heavy atom. The van der Waals surface area contributed by atoms with Crippen molar-refractivity contribution in [2.24, 2.45) is 5.73 Å². The van der Waals surface area contributed by atoms with Crippen LogP contribution in [0.2, 0.25) is 0 Å². The van der Waals surface area contributed by atoms with E-state index in [9.17, 15) is 31.1 Å². The van der Waals surface area contributed by atoms with Crippen LogP contribution in [0.4, 0.5) is 37.0 Å². The summed E-state index contributed by atoms with van der Waals surface area (Å²) in [6, 6.07) is 9.36. The number of likely N-dealkylation sites (tertiary alicyclic amines) is 1. The lowest BCUT2D eigenvalue weighted by molar-refractivity contribution is -0.142. The van der Waals surface area contributed by atoms with Crippen LogP contribution < -0.4 is 11.1 Å². The molecular weight excluding hydrogens is 466 g/mol. The Balaban J connectivity index is 1.64. The predicted molar refractivity (Wildman–Crippen MR) is 110 cm³/mol. The molecule has 2 atom stereocenters. The number of hydrogen-bond donors (Lipinski definition) is 2. The van der Waals surface area contributed by atoms with Gasteiger partial charge in [-0.3, -0.25) is 0 Å². The van der Waals surface area contributed by atoms with E-state index in [1.54, 1.807) is 0 Å². The highest BCUT2D eigenvalue weighted by atomic mass is 19.4. The maximum Gasteiger partial charge on any atom is 0.435 e. The minimum absolute atomic E-state index is 0.0517. The lowest BCUT2D eigenvalue weighted by Crippen LogP contribution is -2.51. The first-order chi connectivity index (χ1) is 15.9. The summed E-state index contributed by atoms with van der Waals surface area (Å²) in [5, 5.41) is 6.12. The van der Waals surface area contributed by atoms with Gasteiger partial charge in [0, 0.05) is 25.2 Å². The minimum Gasteiger partial charge on any atom is -0.368 e. The molecule has 2 aromatic heterocycles. The first-order valence-electron chi connectivity index (χ1n) is 10.3. The average molecular weight is 486 g/mol. The van der Waals surface area contributed by atoms with E-state index in [0.717, 1.165) is 5.56 Å². The quantitative estimate of drug-likeness (QED) is 0.532. The number of primary amides is 1. The Morgan fingerprint density at radius 3 is 2.35 bits per heavy atom. The highest BCUT2D eigenvalue weighted by Crippen LogP contribution is 2.34. The Labute approximate surface area is 189 Å². The third-order valence-corrected chi connectivity index (χ3v) is 5.80. The number of nitrogens with two attached hydrogens (primary N) is 1. The van der Waals surface area contributed by atoms with E-state index < -0.39 is 41.5 Å². The van der Waals surface area contributed by atoms with Gasteiger partial charge in [-0.15, -0.1) is 0 Å². The molecule has 13 heteroatoms. The van der Waals surface area contributed by atoms with E-state index in [4.69, 9.17) is 5.73 Å². The molecule has 1 fully saturated rings. The zero-order valence-electron chi connectivity index (χ0n) is 17.6. The van der Waals surface area contributed by atoms with Gasteiger partial charge in [0.1, 0.15) is 5.82 Å². The summed E-state index contributed by atoms with van der Waals surface area (Å²) in [5.41, 5.74) is 3.19. The van der Waals surface area contributed by atoms with Gasteiger partial charge in [-0.2, -0.15) is 36.0 Å². The number of fused-ring (bicyclic) bond motifs is 1. The Kier molecular flexibility index (Phi) is 6.04. The number of benzene rings is 1. The number of amides is 2. The fourth-order valence-electron chi connectivity index (χ4n) is 4.17. The summed E-state index contributed by atoms with van der Waals surface area (Å²) in [5.74, 6) is -0.257. The number of hydrogen-bond acceptors (Lipinski definition) is 4. The highest BCUT2D eigenvalue weighted by molar-refractivity contribution is 5.72. The second-order valence-electron chi connectivity index (χ2n) is 8.02. The number of carbonyl (C=O) groups is 1. The number of urea groups is 1. The molecule has 1 saturated heterocycles. The number of aromatic nitrogens is 3. The van der Waals surface area contributed by atoms with Crippen LogP contribution in [0.1, 0.15) is 35.7 Å². The van der Waals surface area contributed by atoms with Crippen LogP contribution in [0.15, 0.2) is 42.5 Å². The molecule has 3 N–H and O–H groups in total. The lowest BCUT2D eigenvalue weighted by Gasteiger charge is -2.39. The van der Waals surface area contributed by atoms with E-state index in [1.165, 1.54) is 4.90 Å². The van der Waals surface area contributed by atoms with Crippen molar-refractivity contribution in [3.8, 4) is 0 Å². The second kappa shape index (κ2) is 8.69. The molecule has 1 aliphatic heterocycles. The first-order valence-corrected chi connectivity index (χ1v) is 10.3. The molecule has 3 heterocycles. The van der Waals surface area contributed by atoms with Crippen LogP contribution in [0, 0.1) is 0 Å². The molecule has 2 amide bonds. The van der Waals surface area contributed by atoms with Crippen LogP contribution in [-0.4, -0.2) is 44.7 Å². The number of carbonyl (C=O) groups excluding carboxylic acids is 1. The number of nitrogens with zero attached hydrogens (tertiary/aromatic N) is 4. The summed E-state index contributed by atoms with van der Waals surface area (Å²) in [6.45, 7) is 0.282. The third-order valence-electron chi connectivity index (χ3n) is 5.80. The topological polar surface area (TPSA) is 88.5 Å². The molecule has 7 nitrogen and oxygen atoms in total. The van der Waals surface area contributed by atoms with Crippen molar-refractivity contribution in [3.05, 3.63) is 59.4 Å². The zero-order valence-corrected chi connectivity index (χ0v) is 17.6. The smallest absolute Gasteiger partial charge is 0.368 e. The van der Waals surface area contributed by atoms with Crippen molar-refractivity contribution >= 4 is 17.5 Å². The normalized spacial score (nSPS) is 19.4. The molecule has 4 rings (SSSR count). The van der Waals surface area contributed by atoms with Crippen LogP contribution >= 0.6 is 0 Å². The van der Waals surface area contributed by atoms with E-state index in [-0.39, 0.29) is 18.3 Å². The Bertz CT molecular complexity index is 1180. The number of halogens is 6. The molecule has 0 saturated carbocycles. The van der Waals surface area contributed by atoms with Crippen LogP contribution in [0.5, 0.6) is 0 Å². The molecular formula is C21H20F6N6O. The maximum absolute atomic E-state index is 13.3. The molecule has 182 valence electrons. The molecule has 0 radical (unpaired) electrons. The second-order valence-corrected chi connectivity index (χ2v) is 8.02. The van der Waals surface area contributed by atoms with E-state index in [2.05, 4.69) is 15.4 Å². The van der Waals surface area contributed by atoms with Gasteiger partial charge in [-0.25, -0.2) is 9.78 Å². The van der Waals surface area contributed by atoms with Gasteiger partial charge >= 0.3 is 18.4 Å². The number of anilines is 1. The summed E-state index contributed by atoms with van der Waals surface area (Å²) in [4.78, 5) is 16.6. The fourth-order valence-corrected chi connectivity index (χ4v) is 4.17. The van der Waals surface area contributed by atoms with Gasteiger partial charge in [0.15, 0.2) is 17.0 Å². The fraction of sp³-hybridized carbons (Fsp3) is 0.381. The molecule has 34 heavy (non-hydrogen) atoms. The van der Waals surface area contributed by atoms with Gasteiger partial charge < -0.3 is 16.0 Å². The summed E-state index contributed by atoms with van der Waals surface area (Å²) >= 11 is 0. The minimum atomic E-state index is -4.89. The van der Waals surface area contributed by atoms with Crippen LogP contribution in [0.3, 0.4) is 0 Å². The zero-order chi connectivity index (χ0) is 24.7. The molecule has 0 spiro atoms. The largest absolute Gasteiger partial charge is 0.435 e. The number of rotatable bonds is 4. The van der Waals surface area contributed by atoms with Crippen molar-refractivity contribution in [1.29, 1.82) is 0 Å². The molecule has 2 unspecified atom stereocenters. The summed E-state index contributed by atoms with van der Waals surface area (Å²) < 4.78 is 80.0. The third kappa shape index (κ3) is 4.87. The lowest BCUT2D eigenvalue weighted by atomic mass is 9.85. The van der Waals surface area contributed by atoms with Gasteiger partial charge in [0.2, 0.25) is 0 Å². The van der Waals surface area contributed by atoms with E-state index in [1.807, 2.05) is 30.3 Å². The van der Waals surface area contributed by atoms with Crippen molar-refractivity contribution in [1.82, 2.24) is 19.5 Å². The Hall–Kier alpha value is -3.51. The van der Waals surface area contributed by atoms with Gasteiger partial charge in [0.05, 0.1) is 6.04 Å². The van der Waals surface area contributed by atoms with E-state index >= 15 is 0 Å². The van der Waals surface area contributed by atoms with Crippen LogP contribution in [0.25, 0.3) is 5.65 Å².